The number of fused-ring (bicyclic) bond motifs is 1. The molecular weight excluding hydrogens is 316 g/mol. The van der Waals surface area contributed by atoms with Crippen LogP contribution in [0.1, 0.15) is 49.9 Å². The Balaban J connectivity index is 2.48. The number of aromatic nitrogens is 1. The number of aromatic hydroxyl groups is 1. The number of carbonyl (C=O) groups is 1. The molecule has 0 unspecified atom stereocenters. The van der Waals surface area contributed by atoms with Crippen molar-refractivity contribution in [3.05, 3.63) is 27.4 Å². The first-order chi connectivity index (χ1) is 11.1. The van der Waals surface area contributed by atoms with Crippen LogP contribution in [-0.2, 0) is 4.74 Å². The molecule has 0 radical (unpaired) electrons. The van der Waals surface area contributed by atoms with Crippen molar-refractivity contribution >= 4 is 33.7 Å². The summed E-state index contributed by atoms with van der Waals surface area (Å²) in [5, 5.41) is 16.2. The molecule has 23 heavy (non-hydrogen) atoms. The Morgan fingerprint density at radius 3 is 2.91 bits per heavy atom. The lowest BCUT2D eigenvalue weighted by molar-refractivity contribution is 0.0520. The van der Waals surface area contributed by atoms with Gasteiger partial charge in [-0.25, -0.2) is 4.79 Å². The molecule has 124 valence electrons. The highest BCUT2D eigenvalue weighted by molar-refractivity contribution is 7.17. The van der Waals surface area contributed by atoms with E-state index in [9.17, 15) is 14.7 Å². The summed E-state index contributed by atoms with van der Waals surface area (Å²) in [5.41, 5.74) is -0.552. The minimum Gasteiger partial charge on any atom is -0.505 e. The van der Waals surface area contributed by atoms with E-state index in [2.05, 4.69) is 12.0 Å². The Kier molecular flexibility index (Phi) is 5.92. The molecule has 0 spiro atoms. The Morgan fingerprint density at radius 1 is 1.43 bits per heavy atom. The highest BCUT2D eigenvalue weighted by Crippen LogP contribution is 2.31. The fourth-order valence-electron chi connectivity index (χ4n) is 2.20. The number of hydrogen-bond acceptors (Lipinski definition) is 6. The van der Waals surface area contributed by atoms with E-state index >= 15 is 0 Å². The fraction of sp³-hybridized carbons (Fsp3) is 0.438. The second-order valence-corrected chi connectivity index (χ2v) is 5.91. The van der Waals surface area contributed by atoms with Crippen molar-refractivity contribution in [1.82, 2.24) is 4.68 Å². The monoisotopic (exact) mass is 336 g/mol. The Hall–Kier alpha value is -2.15. The van der Waals surface area contributed by atoms with Gasteiger partial charge < -0.3 is 9.84 Å². The maximum atomic E-state index is 12.5. The van der Waals surface area contributed by atoms with E-state index in [1.54, 1.807) is 24.6 Å². The van der Waals surface area contributed by atoms with Gasteiger partial charge in [0.25, 0.3) is 5.56 Å². The first-order valence-electron chi connectivity index (χ1n) is 7.66. The zero-order valence-electron chi connectivity index (χ0n) is 13.2. The smallest absolute Gasteiger partial charge is 0.347 e. The molecule has 0 aromatic carbocycles. The van der Waals surface area contributed by atoms with Gasteiger partial charge in [0.2, 0.25) is 0 Å². The predicted octanol–water partition coefficient (Wildman–Crippen LogP) is 3.36. The third-order valence-electron chi connectivity index (χ3n) is 3.34. The van der Waals surface area contributed by atoms with Crippen molar-refractivity contribution < 1.29 is 14.6 Å². The third-order valence-corrected chi connectivity index (χ3v) is 4.25. The second kappa shape index (κ2) is 7.92. The SMILES string of the molecule is CCCCCC=Nn1c(=O)c(C(=O)OCC)c(O)c2sccc21. The van der Waals surface area contributed by atoms with E-state index in [4.69, 9.17) is 4.74 Å². The number of carbonyl (C=O) groups excluding carboxylic acids is 1. The summed E-state index contributed by atoms with van der Waals surface area (Å²) in [7, 11) is 0. The molecule has 0 aliphatic heterocycles. The van der Waals surface area contributed by atoms with Crippen LogP contribution in [0.15, 0.2) is 21.3 Å². The summed E-state index contributed by atoms with van der Waals surface area (Å²) in [6, 6.07) is 1.69. The molecule has 0 aliphatic rings. The summed E-state index contributed by atoms with van der Waals surface area (Å²) >= 11 is 1.24. The van der Waals surface area contributed by atoms with Crippen LogP contribution < -0.4 is 5.56 Å². The average molecular weight is 336 g/mol. The van der Waals surface area contributed by atoms with Crippen molar-refractivity contribution in [3.8, 4) is 5.75 Å². The molecule has 0 aliphatic carbocycles. The highest BCUT2D eigenvalue weighted by atomic mass is 32.1. The topological polar surface area (TPSA) is 80.9 Å². The van der Waals surface area contributed by atoms with Gasteiger partial charge in [-0.2, -0.15) is 9.78 Å². The number of rotatable bonds is 7. The summed E-state index contributed by atoms with van der Waals surface area (Å²) in [5.74, 6) is -1.17. The van der Waals surface area contributed by atoms with Gasteiger partial charge in [0, 0.05) is 6.21 Å². The zero-order valence-corrected chi connectivity index (χ0v) is 14.1. The van der Waals surface area contributed by atoms with Gasteiger partial charge in [0.1, 0.15) is 0 Å². The van der Waals surface area contributed by atoms with Crippen LogP contribution in [0, 0.1) is 0 Å². The Bertz CT molecular complexity index is 776. The number of hydrogen-bond donors (Lipinski definition) is 1. The van der Waals surface area contributed by atoms with Crippen molar-refractivity contribution in [2.24, 2.45) is 5.10 Å². The quantitative estimate of drug-likeness (QED) is 0.477. The lowest BCUT2D eigenvalue weighted by Gasteiger charge is -2.08. The van der Waals surface area contributed by atoms with E-state index in [1.807, 2.05) is 0 Å². The van der Waals surface area contributed by atoms with Gasteiger partial charge in [-0.1, -0.05) is 19.8 Å². The van der Waals surface area contributed by atoms with Crippen LogP contribution in [0.3, 0.4) is 0 Å². The van der Waals surface area contributed by atoms with Gasteiger partial charge in [-0.05, 0) is 31.2 Å². The molecule has 1 N–H and O–H groups in total. The molecule has 6 nitrogen and oxygen atoms in total. The second-order valence-electron chi connectivity index (χ2n) is 4.99. The van der Waals surface area contributed by atoms with Crippen molar-refractivity contribution in [1.29, 1.82) is 0 Å². The molecule has 2 heterocycles. The minimum atomic E-state index is -0.833. The summed E-state index contributed by atoms with van der Waals surface area (Å²) in [6.07, 6.45) is 5.61. The molecule has 0 saturated heterocycles. The van der Waals surface area contributed by atoms with Crippen LogP contribution in [0.2, 0.25) is 0 Å². The number of thiophene rings is 1. The minimum absolute atomic E-state index is 0.125. The van der Waals surface area contributed by atoms with Gasteiger partial charge in [0.15, 0.2) is 11.3 Å². The maximum absolute atomic E-state index is 12.5. The molecule has 0 bridgehead atoms. The Morgan fingerprint density at radius 2 is 2.22 bits per heavy atom. The fourth-order valence-corrected chi connectivity index (χ4v) is 3.03. The van der Waals surface area contributed by atoms with Crippen molar-refractivity contribution in [3.63, 3.8) is 0 Å². The van der Waals surface area contributed by atoms with Crippen LogP contribution in [0.4, 0.5) is 0 Å². The van der Waals surface area contributed by atoms with Crippen molar-refractivity contribution in [2.45, 2.75) is 39.5 Å². The maximum Gasteiger partial charge on any atom is 0.347 e. The summed E-state index contributed by atoms with van der Waals surface area (Å²) in [6.45, 7) is 3.88. The van der Waals surface area contributed by atoms with Gasteiger partial charge in [-0.3, -0.25) is 4.79 Å². The largest absolute Gasteiger partial charge is 0.505 e. The molecule has 2 rings (SSSR count). The van der Waals surface area contributed by atoms with E-state index < -0.39 is 11.5 Å². The van der Waals surface area contributed by atoms with Crippen molar-refractivity contribution in [2.75, 3.05) is 6.61 Å². The Labute approximate surface area is 138 Å². The number of unbranched alkanes of at least 4 members (excludes halogenated alkanes) is 3. The summed E-state index contributed by atoms with van der Waals surface area (Å²) in [4.78, 5) is 24.5. The van der Waals surface area contributed by atoms with Crippen LogP contribution in [0.25, 0.3) is 10.2 Å². The predicted molar refractivity (Wildman–Crippen MR) is 91.7 cm³/mol. The lowest BCUT2D eigenvalue weighted by Crippen LogP contribution is -2.25. The third kappa shape index (κ3) is 3.61. The van der Waals surface area contributed by atoms with Crippen LogP contribution in [0.5, 0.6) is 5.75 Å². The number of esters is 1. The zero-order chi connectivity index (χ0) is 16.8. The van der Waals surface area contributed by atoms with Crippen LogP contribution in [-0.4, -0.2) is 28.6 Å². The molecule has 0 saturated carbocycles. The van der Waals surface area contributed by atoms with Gasteiger partial charge >= 0.3 is 5.97 Å². The molecular formula is C16H20N2O4S. The average Bonchev–Trinajstić information content (AvgIpc) is 3.00. The van der Waals surface area contributed by atoms with Crippen LogP contribution >= 0.6 is 11.3 Å². The highest BCUT2D eigenvalue weighted by Gasteiger charge is 2.23. The molecule has 0 atom stereocenters. The first kappa shape index (κ1) is 17.2. The van der Waals surface area contributed by atoms with E-state index in [-0.39, 0.29) is 17.9 Å². The first-order valence-corrected chi connectivity index (χ1v) is 8.54. The van der Waals surface area contributed by atoms with E-state index in [0.29, 0.717) is 10.2 Å². The standard InChI is InChI=1S/C16H20N2O4S/c1-3-5-6-7-9-17-18-11-8-10-23-14(11)13(19)12(15(18)20)16(21)22-4-2/h8-10,19H,3-7H2,1-2H3. The van der Waals surface area contributed by atoms with E-state index in [0.717, 1.165) is 30.4 Å². The molecule has 0 fully saturated rings. The van der Waals surface area contributed by atoms with Gasteiger partial charge in [0.05, 0.1) is 16.8 Å². The molecule has 2 aromatic heterocycles. The summed E-state index contributed by atoms with van der Waals surface area (Å²) < 4.78 is 6.47. The lowest BCUT2D eigenvalue weighted by atomic mass is 10.2. The molecule has 0 amide bonds. The number of nitrogens with zero attached hydrogens (tertiary/aromatic N) is 2. The molecule has 2 aromatic rings. The number of ether oxygens (including phenoxy) is 1. The number of pyridine rings is 1. The van der Waals surface area contributed by atoms with E-state index in [1.165, 1.54) is 11.3 Å². The van der Waals surface area contributed by atoms with Gasteiger partial charge in [-0.15, -0.1) is 11.3 Å². The normalized spacial score (nSPS) is 11.4. The molecule has 7 heteroatoms.